The summed E-state index contributed by atoms with van der Waals surface area (Å²) in [7, 11) is 0. The van der Waals surface area contributed by atoms with E-state index >= 15 is 0 Å². The molecule has 2 aromatic carbocycles. The van der Waals surface area contributed by atoms with Gasteiger partial charge in [-0.25, -0.2) is 4.98 Å². The first kappa shape index (κ1) is 22.0. The molecule has 36 heavy (non-hydrogen) atoms. The number of ether oxygens (including phenoxy) is 2. The van der Waals surface area contributed by atoms with Gasteiger partial charge >= 0.3 is 0 Å². The van der Waals surface area contributed by atoms with E-state index in [1.165, 1.54) is 44.1 Å². The number of rotatable bonds is 7. The second-order valence-corrected chi connectivity index (χ2v) is 11.6. The molecule has 6 heteroatoms. The standard InChI is InChI=1S/C30H33N3O3/c34-29(17-30-14-20-10-21(15-30)12-22(11-20)16-30)33-25-3-1-2-24-23(25)5-7-28(32-24)31-9-8-19-4-6-26-27(13-19)36-18-35-26/h1-7,13,20-22H,8-12,14-18H2,(H,31,32)(H,33,34). The summed E-state index contributed by atoms with van der Waals surface area (Å²) in [6.45, 7) is 1.06. The number of benzene rings is 2. The molecule has 4 aliphatic carbocycles. The van der Waals surface area contributed by atoms with Crippen molar-refractivity contribution in [2.45, 2.75) is 51.4 Å². The van der Waals surface area contributed by atoms with E-state index in [-0.39, 0.29) is 11.3 Å². The van der Waals surface area contributed by atoms with Crippen molar-refractivity contribution in [2.75, 3.05) is 24.0 Å². The third-order valence-corrected chi connectivity index (χ3v) is 8.86. The van der Waals surface area contributed by atoms with E-state index in [4.69, 9.17) is 14.5 Å². The average molecular weight is 484 g/mol. The van der Waals surface area contributed by atoms with Gasteiger partial charge < -0.3 is 20.1 Å². The molecule has 0 saturated heterocycles. The van der Waals surface area contributed by atoms with Crippen LogP contribution in [-0.4, -0.2) is 24.2 Å². The molecule has 4 fully saturated rings. The Morgan fingerprint density at radius 3 is 2.53 bits per heavy atom. The van der Waals surface area contributed by atoms with E-state index < -0.39 is 0 Å². The summed E-state index contributed by atoms with van der Waals surface area (Å²) < 4.78 is 10.9. The van der Waals surface area contributed by atoms with E-state index in [9.17, 15) is 4.79 Å². The number of nitrogens with one attached hydrogen (secondary N) is 2. The van der Waals surface area contributed by atoms with Gasteiger partial charge in [0.05, 0.1) is 11.2 Å². The second kappa shape index (κ2) is 8.68. The smallest absolute Gasteiger partial charge is 0.231 e. The molecule has 1 aliphatic heterocycles. The van der Waals surface area contributed by atoms with Crippen LogP contribution in [0.1, 0.15) is 50.5 Å². The molecule has 4 bridgehead atoms. The number of aromatic nitrogens is 1. The van der Waals surface area contributed by atoms with Gasteiger partial charge in [0.15, 0.2) is 11.5 Å². The lowest BCUT2D eigenvalue weighted by molar-refractivity contribution is -0.124. The average Bonchev–Trinajstić information content (AvgIpc) is 3.31. The molecule has 1 amide bonds. The van der Waals surface area contributed by atoms with Crippen LogP contribution in [0.4, 0.5) is 11.5 Å². The van der Waals surface area contributed by atoms with Crippen LogP contribution in [0.5, 0.6) is 11.5 Å². The van der Waals surface area contributed by atoms with Gasteiger partial charge in [0.1, 0.15) is 5.82 Å². The van der Waals surface area contributed by atoms with Crippen molar-refractivity contribution in [3.63, 3.8) is 0 Å². The maximum Gasteiger partial charge on any atom is 0.231 e. The first-order valence-electron chi connectivity index (χ1n) is 13.4. The van der Waals surface area contributed by atoms with Gasteiger partial charge in [-0.3, -0.25) is 4.79 Å². The van der Waals surface area contributed by atoms with Crippen LogP contribution in [0.2, 0.25) is 0 Å². The highest BCUT2D eigenvalue weighted by Gasteiger charge is 2.51. The number of amides is 1. The van der Waals surface area contributed by atoms with E-state index in [2.05, 4.69) is 22.8 Å². The molecule has 0 spiro atoms. The first-order valence-corrected chi connectivity index (χ1v) is 13.4. The van der Waals surface area contributed by atoms with Crippen LogP contribution < -0.4 is 20.1 Å². The lowest BCUT2D eigenvalue weighted by atomic mass is 9.49. The number of fused-ring (bicyclic) bond motifs is 2. The number of nitrogens with zero attached hydrogens (tertiary/aromatic N) is 1. The van der Waals surface area contributed by atoms with Crippen molar-refractivity contribution in [3.05, 3.63) is 54.1 Å². The maximum atomic E-state index is 13.2. The van der Waals surface area contributed by atoms with Crippen molar-refractivity contribution in [1.82, 2.24) is 4.98 Å². The van der Waals surface area contributed by atoms with Crippen molar-refractivity contribution < 1.29 is 14.3 Å². The molecule has 8 rings (SSSR count). The molecule has 1 aromatic heterocycles. The lowest BCUT2D eigenvalue weighted by Crippen LogP contribution is -2.47. The Labute approximate surface area is 211 Å². The van der Waals surface area contributed by atoms with Crippen LogP contribution >= 0.6 is 0 Å². The quantitative estimate of drug-likeness (QED) is 0.421. The molecule has 2 heterocycles. The molecule has 186 valence electrons. The zero-order chi connectivity index (χ0) is 24.1. The van der Waals surface area contributed by atoms with Gasteiger partial charge in [-0.15, -0.1) is 0 Å². The van der Waals surface area contributed by atoms with E-state index in [0.717, 1.165) is 64.6 Å². The summed E-state index contributed by atoms with van der Waals surface area (Å²) in [5.41, 5.74) is 3.19. The van der Waals surface area contributed by atoms with Crippen LogP contribution in [0, 0.1) is 23.2 Å². The van der Waals surface area contributed by atoms with Gasteiger partial charge in [-0.2, -0.15) is 0 Å². The summed E-state index contributed by atoms with van der Waals surface area (Å²) in [5.74, 6) is 5.21. The third kappa shape index (κ3) is 4.16. The van der Waals surface area contributed by atoms with Gasteiger partial charge in [0.25, 0.3) is 0 Å². The molecule has 2 N–H and O–H groups in total. The first-order chi connectivity index (χ1) is 17.6. The predicted molar refractivity (Wildman–Crippen MR) is 140 cm³/mol. The minimum absolute atomic E-state index is 0.162. The molecule has 0 atom stereocenters. The Bertz CT molecular complexity index is 1280. The number of carbonyl (C=O) groups is 1. The fourth-order valence-corrected chi connectivity index (χ4v) is 7.84. The van der Waals surface area contributed by atoms with Crippen molar-refractivity contribution >= 4 is 28.3 Å². The lowest BCUT2D eigenvalue weighted by Gasteiger charge is -2.56. The fraction of sp³-hybridized carbons (Fsp3) is 0.467. The highest BCUT2D eigenvalue weighted by Crippen LogP contribution is 2.61. The van der Waals surface area contributed by atoms with E-state index in [0.29, 0.717) is 13.2 Å². The molecule has 3 aromatic rings. The van der Waals surface area contributed by atoms with Crippen LogP contribution in [0.25, 0.3) is 10.9 Å². The molecule has 5 aliphatic rings. The highest BCUT2D eigenvalue weighted by molar-refractivity contribution is 6.01. The topological polar surface area (TPSA) is 72.5 Å². The largest absolute Gasteiger partial charge is 0.454 e. The van der Waals surface area contributed by atoms with Crippen LogP contribution in [0.15, 0.2) is 48.5 Å². The minimum atomic E-state index is 0.162. The Morgan fingerprint density at radius 1 is 0.944 bits per heavy atom. The number of pyridine rings is 1. The van der Waals surface area contributed by atoms with Gasteiger partial charge in [0.2, 0.25) is 12.7 Å². The number of hydrogen-bond acceptors (Lipinski definition) is 5. The van der Waals surface area contributed by atoms with Gasteiger partial charge in [0, 0.05) is 18.4 Å². The van der Waals surface area contributed by atoms with Crippen LogP contribution in [0.3, 0.4) is 0 Å². The van der Waals surface area contributed by atoms with Crippen molar-refractivity contribution in [2.24, 2.45) is 23.2 Å². The number of hydrogen-bond donors (Lipinski definition) is 2. The molecular weight excluding hydrogens is 450 g/mol. The predicted octanol–water partition coefficient (Wildman–Crippen LogP) is 6.16. The van der Waals surface area contributed by atoms with Crippen molar-refractivity contribution in [3.8, 4) is 11.5 Å². The van der Waals surface area contributed by atoms with Crippen LogP contribution in [-0.2, 0) is 11.2 Å². The summed E-state index contributed by atoms with van der Waals surface area (Å²) in [5, 5.41) is 7.66. The molecular formula is C30H33N3O3. The highest BCUT2D eigenvalue weighted by atomic mass is 16.7. The second-order valence-electron chi connectivity index (χ2n) is 11.6. The summed E-state index contributed by atoms with van der Waals surface area (Å²) >= 11 is 0. The Balaban J connectivity index is 1.000. The minimum Gasteiger partial charge on any atom is -0.454 e. The zero-order valence-corrected chi connectivity index (χ0v) is 20.6. The molecule has 4 saturated carbocycles. The number of carbonyl (C=O) groups excluding carboxylic acids is 1. The Morgan fingerprint density at radius 2 is 1.72 bits per heavy atom. The Kier molecular flexibility index (Phi) is 5.30. The monoisotopic (exact) mass is 483 g/mol. The molecule has 0 radical (unpaired) electrons. The normalized spacial score (nSPS) is 27.4. The number of anilines is 2. The SMILES string of the molecule is O=C(CC12CC3CC(CC(C3)C1)C2)Nc1cccc2nc(NCCc3ccc4c(c3)OCO4)ccc12. The molecule has 0 unspecified atom stereocenters. The summed E-state index contributed by atoms with van der Waals surface area (Å²) in [6, 6.07) is 16.1. The summed E-state index contributed by atoms with van der Waals surface area (Å²) in [6.07, 6.45) is 9.51. The fourth-order valence-electron chi connectivity index (χ4n) is 7.84. The van der Waals surface area contributed by atoms with E-state index in [1.54, 1.807) is 0 Å². The van der Waals surface area contributed by atoms with Crippen molar-refractivity contribution in [1.29, 1.82) is 0 Å². The van der Waals surface area contributed by atoms with Gasteiger partial charge in [-0.05, 0) is 110 Å². The third-order valence-electron chi connectivity index (χ3n) is 8.86. The van der Waals surface area contributed by atoms with E-state index in [1.807, 2.05) is 36.4 Å². The zero-order valence-electron chi connectivity index (χ0n) is 20.6. The Hall–Kier alpha value is -3.28. The molecule has 6 nitrogen and oxygen atoms in total. The summed E-state index contributed by atoms with van der Waals surface area (Å²) in [4.78, 5) is 18.0. The maximum absolute atomic E-state index is 13.2. The van der Waals surface area contributed by atoms with Gasteiger partial charge in [-0.1, -0.05) is 12.1 Å².